The van der Waals surface area contributed by atoms with Gasteiger partial charge in [-0.3, -0.25) is 0 Å². The first-order valence-electron chi connectivity index (χ1n) is 1.41. The van der Waals surface area contributed by atoms with Crippen molar-refractivity contribution in [1.82, 2.24) is 0 Å². The van der Waals surface area contributed by atoms with E-state index in [0.717, 1.165) is 0 Å². The first-order chi connectivity index (χ1) is 1.73. The third-order valence-electron chi connectivity index (χ3n) is 0. The fraction of sp³-hybridized carbons (Fsp3) is 1.00. The van der Waals surface area contributed by atoms with Gasteiger partial charge in [0.05, 0.1) is 0 Å². The number of hydrogen-bond donors (Lipinski definition) is 1. The van der Waals surface area contributed by atoms with Crippen LogP contribution in [0.3, 0.4) is 0 Å². The predicted octanol–water partition coefficient (Wildman–Crippen LogP) is 0.944. The van der Waals surface area contributed by atoms with E-state index in [-0.39, 0.29) is 29.6 Å². The van der Waals surface area contributed by atoms with E-state index in [9.17, 15) is 0 Å². The summed E-state index contributed by atoms with van der Waals surface area (Å²) in [5.74, 6) is 0. The van der Waals surface area contributed by atoms with Gasteiger partial charge in [-0.05, 0) is 5.25 Å². The molecule has 0 bridgehead atoms. The van der Waals surface area contributed by atoms with Crippen molar-refractivity contribution < 1.29 is 0 Å². The molecule has 2 heteroatoms. The molecule has 0 aliphatic carbocycles. The normalized spacial score (nSPS) is 7.20. The van der Waals surface area contributed by atoms with E-state index < -0.39 is 0 Å². The van der Waals surface area contributed by atoms with Gasteiger partial charge >= 0.3 is 0 Å². The molecule has 1 radical (unpaired) electrons. The van der Waals surface area contributed by atoms with Gasteiger partial charge in [0.2, 0.25) is 0 Å². The Morgan fingerprint density at radius 2 is 1.40 bits per heavy atom. The molecule has 0 heterocycles. The molecule has 0 fully saturated rings. The van der Waals surface area contributed by atoms with Crippen LogP contribution in [0.25, 0.3) is 0 Å². The molecule has 0 aromatic carbocycles. The van der Waals surface area contributed by atoms with Gasteiger partial charge < -0.3 is 0 Å². The van der Waals surface area contributed by atoms with Crippen LogP contribution >= 0.6 is 12.6 Å². The summed E-state index contributed by atoms with van der Waals surface area (Å²) in [6, 6.07) is 0. The van der Waals surface area contributed by atoms with Crippen LogP contribution in [0.2, 0.25) is 0 Å². The van der Waals surface area contributed by atoms with Crippen molar-refractivity contribution in [2.45, 2.75) is 19.1 Å². The molecule has 0 aliphatic heterocycles. The van der Waals surface area contributed by atoms with E-state index in [1.807, 2.05) is 13.8 Å². The van der Waals surface area contributed by atoms with E-state index in [0.29, 0.717) is 5.25 Å². The molecule has 0 unspecified atom stereocenters. The number of hydrogen-bond acceptors (Lipinski definition) is 1. The zero-order valence-corrected chi connectivity index (χ0v) is 6.92. The average molecular weight is 99.2 g/mol. The van der Waals surface area contributed by atoms with E-state index in [2.05, 4.69) is 12.6 Å². The summed E-state index contributed by atoms with van der Waals surface area (Å²) in [4.78, 5) is 0. The molecule has 0 amide bonds. The first kappa shape index (κ1) is 9.61. The molecule has 0 aliphatic rings. The second-order valence-corrected chi connectivity index (χ2v) is 2.13. The van der Waals surface area contributed by atoms with Crippen LogP contribution in [0.5, 0.6) is 0 Å². The van der Waals surface area contributed by atoms with Gasteiger partial charge in [0.1, 0.15) is 0 Å². The van der Waals surface area contributed by atoms with Crippen LogP contribution in [-0.2, 0) is 0 Å². The Morgan fingerprint density at radius 1 is 1.40 bits per heavy atom. The molecule has 0 N–H and O–H groups in total. The molecule has 0 atom stereocenters. The zero-order valence-electron chi connectivity index (χ0n) is 4.02. The maximum absolute atomic E-state index is 3.97. The molecule has 0 saturated heterocycles. The Morgan fingerprint density at radius 3 is 1.40 bits per heavy atom. The second kappa shape index (κ2) is 5.35. The molecule has 0 aromatic rings. The molecular weight excluding hydrogens is 91.1 g/mol. The van der Waals surface area contributed by atoms with Crippen LogP contribution in [0.1, 0.15) is 13.8 Å². The Labute approximate surface area is 61.0 Å². The van der Waals surface area contributed by atoms with Gasteiger partial charge in [0, 0.05) is 29.6 Å². The van der Waals surface area contributed by atoms with Crippen LogP contribution in [0, 0.1) is 0 Å². The molecule has 0 spiro atoms. The van der Waals surface area contributed by atoms with Crippen molar-refractivity contribution >= 4 is 42.2 Å². The fourth-order valence-electron chi connectivity index (χ4n) is 0. The summed E-state index contributed by atoms with van der Waals surface area (Å²) in [6.07, 6.45) is 0. The Balaban J connectivity index is 0. The standard InChI is InChI=1S/C3H8S.Na/c1-3(2)4;/h3-4H,1-2H3;. The Hall–Kier alpha value is 1.35. The van der Waals surface area contributed by atoms with E-state index >= 15 is 0 Å². The SMILES string of the molecule is CC(C)S.[Na]. The van der Waals surface area contributed by atoms with Crippen LogP contribution < -0.4 is 0 Å². The average Bonchev–Trinajstić information content (AvgIpc) is 0.811. The van der Waals surface area contributed by atoms with Crippen LogP contribution in [-0.4, -0.2) is 34.8 Å². The summed E-state index contributed by atoms with van der Waals surface area (Å²) in [7, 11) is 0. The minimum Gasteiger partial charge on any atom is -0.177 e. The third-order valence-corrected chi connectivity index (χ3v) is 0. The summed E-state index contributed by atoms with van der Waals surface area (Å²) in [5, 5.41) is 0.528. The Bertz CT molecular complexity index is 11.6. The predicted molar refractivity (Wildman–Crippen MR) is 29.9 cm³/mol. The molecule has 0 nitrogen and oxygen atoms in total. The third kappa shape index (κ3) is 32.9. The van der Waals surface area contributed by atoms with E-state index in [1.54, 1.807) is 0 Å². The second-order valence-electron chi connectivity index (χ2n) is 1.09. The molecule has 27 valence electrons. The van der Waals surface area contributed by atoms with Crippen molar-refractivity contribution in [3.8, 4) is 0 Å². The van der Waals surface area contributed by atoms with Gasteiger partial charge in [-0.2, -0.15) is 12.6 Å². The summed E-state index contributed by atoms with van der Waals surface area (Å²) in [6.45, 7) is 4.06. The topological polar surface area (TPSA) is 0 Å². The van der Waals surface area contributed by atoms with E-state index in [1.165, 1.54) is 0 Å². The molecule has 0 rings (SSSR count). The van der Waals surface area contributed by atoms with Crippen LogP contribution in [0.15, 0.2) is 0 Å². The smallest absolute Gasteiger partial charge is 0 e. The van der Waals surface area contributed by atoms with Crippen molar-refractivity contribution in [3.63, 3.8) is 0 Å². The maximum Gasteiger partial charge on any atom is 0 e. The molecule has 0 saturated carbocycles. The first-order valence-corrected chi connectivity index (χ1v) is 1.93. The number of thiol groups is 1. The molecule has 5 heavy (non-hydrogen) atoms. The van der Waals surface area contributed by atoms with E-state index in [4.69, 9.17) is 0 Å². The summed E-state index contributed by atoms with van der Waals surface area (Å²) >= 11 is 3.97. The fourth-order valence-corrected chi connectivity index (χ4v) is 0. The van der Waals surface area contributed by atoms with Crippen molar-refractivity contribution in [3.05, 3.63) is 0 Å². The van der Waals surface area contributed by atoms with Crippen molar-refractivity contribution in [2.24, 2.45) is 0 Å². The Kier molecular flexibility index (Phi) is 10.3. The van der Waals surface area contributed by atoms with Gasteiger partial charge in [-0.15, -0.1) is 0 Å². The largest absolute Gasteiger partial charge is 0.177 e. The summed E-state index contributed by atoms with van der Waals surface area (Å²) in [5.41, 5.74) is 0. The molecular formula is C3H8NaS. The zero-order chi connectivity index (χ0) is 3.58. The van der Waals surface area contributed by atoms with Gasteiger partial charge in [0.15, 0.2) is 0 Å². The van der Waals surface area contributed by atoms with Crippen LogP contribution in [0.4, 0.5) is 0 Å². The number of rotatable bonds is 0. The van der Waals surface area contributed by atoms with Gasteiger partial charge in [-0.1, -0.05) is 13.8 Å². The van der Waals surface area contributed by atoms with Crippen molar-refractivity contribution in [2.75, 3.05) is 0 Å². The molecule has 0 aromatic heterocycles. The maximum atomic E-state index is 3.97. The monoisotopic (exact) mass is 99.0 g/mol. The van der Waals surface area contributed by atoms with Gasteiger partial charge in [0.25, 0.3) is 0 Å². The minimum absolute atomic E-state index is 0. The summed E-state index contributed by atoms with van der Waals surface area (Å²) < 4.78 is 0. The quantitative estimate of drug-likeness (QED) is 0.339. The van der Waals surface area contributed by atoms with Gasteiger partial charge in [-0.25, -0.2) is 0 Å². The minimum atomic E-state index is 0. The van der Waals surface area contributed by atoms with Crippen molar-refractivity contribution in [1.29, 1.82) is 0 Å².